The SMILES string of the molecule is CC(C)CN(N)C(=O)CN(CBr)c1ccccc1.NC=O. The van der Waals surface area contributed by atoms with E-state index >= 15 is 0 Å². The lowest BCUT2D eigenvalue weighted by Crippen LogP contribution is -2.45. The van der Waals surface area contributed by atoms with Crippen LogP contribution in [0.4, 0.5) is 5.69 Å². The van der Waals surface area contributed by atoms with Gasteiger partial charge in [0.15, 0.2) is 0 Å². The molecule has 1 rings (SSSR count). The van der Waals surface area contributed by atoms with E-state index in [0.717, 1.165) is 5.69 Å². The molecule has 7 heteroatoms. The summed E-state index contributed by atoms with van der Waals surface area (Å²) in [5.41, 5.74) is 5.76. The van der Waals surface area contributed by atoms with E-state index in [9.17, 15) is 4.79 Å². The summed E-state index contributed by atoms with van der Waals surface area (Å²) >= 11 is 3.40. The summed E-state index contributed by atoms with van der Waals surface area (Å²) in [6, 6.07) is 9.79. The largest absolute Gasteiger partial charge is 0.372 e. The minimum Gasteiger partial charge on any atom is -0.372 e. The molecule has 6 nitrogen and oxygen atoms in total. The predicted molar refractivity (Wildman–Crippen MR) is 88.6 cm³/mol. The number of primary amides is 1. The fraction of sp³-hybridized carbons (Fsp3) is 0.429. The first-order chi connectivity index (χ1) is 9.96. The normalized spacial score (nSPS) is 9.57. The first-order valence-electron chi connectivity index (χ1n) is 6.52. The van der Waals surface area contributed by atoms with Crippen molar-refractivity contribution in [1.82, 2.24) is 5.01 Å². The van der Waals surface area contributed by atoms with Gasteiger partial charge in [0.1, 0.15) is 0 Å². The van der Waals surface area contributed by atoms with Crippen molar-refractivity contribution < 1.29 is 9.59 Å². The zero-order chi connectivity index (χ0) is 16.3. The van der Waals surface area contributed by atoms with E-state index in [-0.39, 0.29) is 18.9 Å². The van der Waals surface area contributed by atoms with E-state index < -0.39 is 0 Å². The Morgan fingerprint density at radius 3 is 2.29 bits per heavy atom. The number of carbonyl (C=O) groups is 2. The topological polar surface area (TPSA) is 92.7 Å². The third-order valence-electron chi connectivity index (χ3n) is 2.47. The Kier molecular flexibility index (Phi) is 10.3. The minimum atomic E-state index is -0.0768. The monoisotopic (exact) mass is 358 g/mol. The molecule has 4 N–H and O–H groups in total. The standard InChI is InChI=1S/C13H20BrN3O.CH3NO/c1-11(2)8-17(15)13(18)9-16(10-14)12-6-4-3-5-7-12;2-1-3/h3-7,11H,8-10,15H2,1-2H3;1H,(H2,2,3). The van der Waals surface area contributed by atoms with Gasteiger partial charge in [-0.05, 0) is 18.1 Å². The Morgan fingerprint density at radius 2 is 1.86 bits per heavy atom. The highest BCUT2D eigenvalue weighted by Gasteiger charge is 2.15. The maximum atomic E-state index is 12.0. The van der Waals surface area contributed by atoms with Crippen LogP contribution in [-0.2, 0) is 9.59 Å². The molecule has 0 fully saturated rings. The van der Waals surface area contributed by atoms with Crippen molar-refractivity contribution in [3.8, 4) is 0 Å². The number of amides is 2. The Hall–Kier alpha value is -1.60. The van der Waals surface area contributed by atoms with Crippen molar-refractivity contribution >= 4 is 33.9 Å². The first kappa shape index (κ1) is 19.4. The van der Waals surface area contributed by atoms with Crippen LogP contribution in [0.3, 0.4) is 0 Å². The number of rotatable bonds is 6. The van der Waals surface area contributed by atoms with Gasteiger partial charge in [-0.1, -0.05) is 48.0 Å². The second kappa shape index (κ2) is 11.1. The Labute approximate surface area is 134 Å². The summed E-state index contributed by atoms with van der Waals surface area (Å²) < 4.78 is 0. The van der Waals surface area contributed by atoms with E-state index in [4.69, 9.17) is 10.6 Å². The van der Waals surface area contributed by atoms with Crippen LogP contribution in [-0.4, -0.2) is 35.9 Å². The van der Waals surface area contributed by atoms with Crippen molar-refractivity contribution in [3.05, 3.63) is 30.3 Å². The molecule has 118 valence electrons. The molecule has 0 aliphatic heterocycles. The molecule has 1 aromatic carbocycles. The predicted octanol–water partition coefficient (Wildman–Crippen LogP) is 1.31. The van der Waals surface area contributed by atoms with Crippen LogP contribution in [0.15, 0.2) is 30.3 Å². The van der Waals surface area contributed by atoms with Crippen molar-refractivity contribution in [2.75, 3.05) is 23.4 Å². The van der Waals surface area contributed by atoms with Gasteiger partial charge < -0.3 is 10.6 Å². The first-order valence-corrected chi connectivity index (χ1v) is 7.64. The average Bonchev–Trinajstić information content (AvgIpc) is 2.45. The number of nitrogens with zero attached hydrogens (tertiary/aromatic N) is 2. The molecule has 0 aliphatic rings. The zero-order valence-corrected chi connectivity index (χ0v) is 14.0. The molecule has 0 saturated heterocycles. The van der Waals surface area contributed by atoms with E-state index in [0.29, 0.717) is 17.9 Å². The highest BCUT2D eigenvalue weighted by atomic mass is 79.9. The summed E-state index contributed by atoms with van der Waals surface area (Å²) in [7, 11) is 0. The number of nitrogens with two attached hydrogens (primary N) is 2. The van der Waals surface area contributed by atoms with Gasteiger partial charge in [0.2, 0.25) is 6.41 Å². The molecule has 0 heterocycles. The molecule has 0 radical (unpaired) electrons. The number of halogens is 1. The van der Waals surface area contributed by atoms with Crippen LogP contribution in [0.1, 0.15) is 13.8 Å². The number of hydrogen-bond acceptors (Lipinski definition) is 4. The number of alkyl halides is 1. The summed E-state index contributed by atoms with van der Waals surface area (Å²) in [4.78, 5) is 22.5. The van der Waals surface area contributed by atoms with Gasteiger partial charge in [-0.3, -0.25) is 14.6 Å². The summed E-state index contributed by atoms with van der Waals surface area (Å²) in [6.07, 6.45) is 0.250. The molecule has 0 atom stereocenters. The molecule has 0 saturated carbocycles. The summed E-state index contributed by atoms with van der Waals surface area (Å²) in [6.45, 7) is 4.92. The quantitative estimate of drug-likeness (QED) is 0.200. The Balaban J connectivity index is 0.00000122. The van der Waals surface area contributed by atoms with Crippen molar-refractivity contribution in [2.45, 2.75) is 13.8 Å². The highest BCUT2D eigenvalue weighted by molar-refractivity contribution is 9.09. The van der Waals surface area contributed by atoms with Gasteiger partial charge in [0, 0.05) is 12.2 Å². The smallest absolute Gasteiger partial charge is 0.256 e. The molecule has 0 aromatic heterocycles. The van der Waals surface area contributed by atoms with Crippen molar-refractivity contribution in [3.63, 3.8) is 0 Å². The third kappa shape index (κ3) is 8.31. The van der Waals surface area contributed by atoms with E-state index in [1.54, 1.807) is 0 Å². The van der Waals surface area contributed by atoms with Gasteiger partial charge in [-0.2, -0.15) is 0 Å². The van der Waals surface area contributed by atoms with E-state index in [1.165, 1.54) is 5.01 Å². The molecule has 21 heavy (non-hydrogen) atoms. The Morgan fingerprint density at radius 1 is 1.33 bits per heavy atom. The van der Waals surface area contributed by atoms with Gasteiger partial charge in [-0.15, -0.1) is 0 Å². The lowest BCUT2D eigenvalue weighted by molar-refractivity contribution is -0.130. The number of hydrogen-bond donors (Lipinski definition) is 2. The average molecular weight is 359 g/mol. The second-order valence-corrected chi connectivity index (χ2v) is 5.23. The lowest BCUT2D eigenvalue weighted by atomic mass is 10.2. The number of benzene rings is 1. The number of carbonyl (C=O) groups excluding carboxylic acids is 2. The van der Waals surface area contributed by atoms with Crippen LogP contribution in [0.25, 0.3) is 0 Å². The van der Waals surface area contributed by atoms with Crippen LogP contribution < -0.4 is 16.5 Å². The van der Waals surface area contributed by atoms with Crippen molar-refractivity contribution in [2.24, 2.45) is 17.5 Å². The molecular formula is C14H23BrN4O2. The highest BCUT2D eigenvalue weighted by Crippen LogP contribution is 2.14. The minimum absolute atomic E-state index is 0.0768. The zero-order valence-electron chi connectivity index (χ0n) is 12.4. The van der Waals surface area contributed by atoms with E-state index in [1.807, 2.05) is 49.1 Å². The van der Waals surface area contributed by atoms with Crippen molar-refractivity contribution in [1.29, 1.82) is 0 Å². The van der Waals surface area contributed by atoms with Crippen LogP contribution >= 0.6 is 15.9 Å². The van der Waals surface area contributed by atoms with Crippen LogP contribution in [0, 0.1) is 5.92 Å². The fourth-order valence-electron chi connectivity index (χ4n) is 1.59. The van der Waals surface area contributed by atoms with Gasteiger partial charge in [0.05, 0.1) is 12.0 Å². The van der Waals surface area contributed by atoms with Crippen LogP contribution in [0.2, 0.25) is 0 Å². The fourth-order valence-corrected chi connectivity index (χ4v) is 2.06. The van der Waals surface area contributed by atoms with Crippen LogP contribution in [0.5, 0.6) is 0 Å². The number of hydrazine groups is 1. The molecule has 0 unspecified atom stereocenters. The molecule has 0 bridgehead atoms. The maximum absolute atomic E-state index is 12.0. The maximum Gasteiger partial charge on any atom is 0.256 e. The lowest BCUT2D eigenvalue weighted by Gasteiger charge is -2.25. The molecule has 2 amide bonds. The molecule has 1 aromatic rings. The van der Waals surface area contributed by atoms with Gasteiger partial charge >= 0.3 is 0 Å². The molecular weight excluding hydrogens is 336 g/mol. The van der Waals surface area contributed by atoms with E-state index in [2.05, 4.69) is 21.7 Å². The molecule has 0 aliphatic carbocycles. The third-order valence-corrected chi connectivity index (χ3v) is 3.08. The second-order valence-electron chi connectivity index (χ2n) is 4.73. The molecule has 0 spiro atoms. The van der Waals surface area contributed by atoms with Gasteiger partial charge in [-0.25, -0.2) is 5.84 Å². The Bertz CT molecular complexity index is 415. The summed E-state index contributed by atoms with van der Waals surface area (Å²) in [5, 5.41) is 1.29. The number of para-hydroxylation sites is 1. The van der Waals surface area contributed by atoms with Gasteiger partial charge in [0.25, 0.3) is 5.91 Å². The number of anilines is 1. The summed E-state index contributed by atoms with van der Waals surface area (Å²) in [5.74, 6) is 6.03.